The molecule has 2 aromatic rings. The molecule has 2 aromatic heterocycles. The fourth-order valence-corrected chi connectivity index (χ4v) is 1.79. The van der Waals surface area contributed by atoms with Crippen molar-refractivity contribution in [3.63, 3.8) is 0 Å². The van der Waals surface area contributed by atoms with E-state index in [0.717, 1.165) is 17.3 Å². The molecule has 0 aliphatic heterocycles. The van der Waals surface area contributed by atoms with Gasteiger partial charge in [0.15, 0.2) is 5.82 Å². The zero-order valence-electron chi connectivity index (χ0n) is 10.7. The molecule has 0 aliphatic rings. The number of nitrogens with one attached hydrogen (secondary N) is 1. The van der Waals surface area contributed by atoms with Gasteiger partial charge in [-0.3, -0.25) is 9.36 Å². The van der Waals surface area contributed by atoms with Gasteiger partial charge in [-0.25, -0.2) is 4.98 Å². The Balaban J connectivity index is 2.01. The van der Waals surface area contributed by atoms with Gasteiger partial charge >= 0.3 is 0 Å². The van der Waals surface area contributed by atoms with Crippen LogP contribution in [0.4, 0.5) is 5.82 Å². The SMILES string of the molecule is Cc1nn(C)c(NCCc2ncn(C)n2)c1C#N. The highest BCUT2D eigenvalue weighted by Gasteiger charge is 2.12. The monoisotopic (exact) mass is 245 g/mol. The summed E-state index contributed by atoms with van der Waals surface area (Å²) < 4.78 is 3.35. The van der Waals surface area contributed by atoms with Crippen molar-refractivity contribution in [3.8, 4) is 6.07 Å². The number of nitrogens with zero attached hydrogens (tertiary/aromatic N) is 6. The average molecular weight is 245 g/mol. The van der Waals surface area contributed by atoms with E-state index in [4.69, 9.17) is 5.26 Å². The molecule has 94 valence electrons. The van der Waals surface area contributed by atoms with E-state index in [9.17, 15) is 0 Å². The van der Waals surface area contributed by atoms with Crippen molar-refractivity contribution in [3.05, 3.63) is 23.4 Å². The van der Waals surface area contributed by atoms with E-state index in [1.807, 2.05) is 21.0 Å². The highest BCUT2D eigenvalue weighted by Crippen LogP contribution is 2.16. The van der Waals surface area contributed by atoms with Gasteiger partial charge in [-0.05, 0) is 6.92 Å². The van der Waals surface area contributed by atoms with Crippen LogP contribution in [0.3, 0.4) is 0 Å². The second-order valence-corrected chi connectivity index (χ2v) is 4.06. The number of aryl methyl sites for hydroxylation is 3. The maximum Gasteiger partial charge on any atom is 0.152 e. The Morgan fingerprint density at radius 2 is 2.17 bits per heavy atom. The Hall–Kier alpha value is -2.36. The molecule has 0 aromatic carbocycles. The highest BCUT2D eigenvalue weighted by molar-refractivity contribution is 5.54. The van der Waals surface area contributed by atoms with E-state index in [2.05, 4.69) is 26.6 Å². The quantitative estimate of drug-likeness (QED) is 0.842. The van der Waals surface area contributed by atoms with Crippen LogP contribution in [0, 0.1) is 18.3 Å². The summed E-state index contributed by atoms with van der Waals surface area (Å²) in [6.45, 7) is 2.49. The Labute approximate surface area is 105 Å². The number of rotatable bonds is 4. The van der Waals surface area contributed by atoms with Crippen LogP contribution in [-0.4, -0.2) is 31.1 Å². The molecule has 0 fully saturated rings. The van der Waals surface area contributed by atoms with Crippen molar-refractivity contribution in [2.75, 3.05) is 11.9 Å². The molecule has 0 saturated carbocycles. The van der Waals surface area contributed by atoms with Crippen LogP contribution in [0.5, 0.6) is 0 Å². The van der Waals surface area contributed by atoms with Crippen LogP contribution in [0.1, 0.15) is 17.1 Å². The zero-order valence-corrected chi connectivity index (χ0v) is 10.7. The summed E-state index contributed by atoms with van der Waals surface area (Å²) in [6, 6.07) is 2.16. The van der Waals surface area contributed by atoms with Crippen molar-refractivity contribution < 1.29 is 0 Å². The molecule has 1 N–H and O–H groups in total. The molecule has 0 unspecified atom stereocenters. The molecule has 7 nitrogen and oxygen atoms in total. The highest BCUT2D eigenvalue weighted by atomic mass is 15.3. The zero-order chi connectivity index (χ0) is 13.1. The predicted molar refractivity (Wildman–Crippen MR) is 65.9 cm³/mol. The molecule has 0 saturated heterocycles. The number of nitriles is 1. The van der Waals surface area contributed by atoms with Crippen LogP contribution in [0.25, 0.3) is 0 Å². The van der Waals surface area contributed by atoms with Crippen molar-refractivity contribution in [1.82, 2.24) is 24.5 Å². The molecule has 0 aliphatic carbocycles. The number of anilines is 1. The molecule has 2 rings (SSSR count). The first-order valence-electron chi connectivity index (χ1n) is 5.64. The summed E-state index contributed by atoms with van der Waals surface area (Å²) in [7, 11) is 3.65. The van der Waals surface area contributed by atoms with Gasteiger partial charge in [0.25, 0.3) is 0 Å². The third kappa shape index (κ3) is 2.32. The van der Waals surface area contributed by atoms with E-state index in [1.54, 1.807) is 15.7 Å². The topological polar surface area (TPSA) is 84.3 Å². The van der Waals surface area contributed by atoms with Crippen molar-refractivity contribution in [1.29, 1.82) is 5.26 Å². The molecule has 7 heteroatoms. The number of hydrogen-bond donors (Lipinski definition) is 1. The minimum absolute atomic E-state index is 0.589. The molecule has 0 amide bonds. The lowest BCUT2D eigenvalue weighted by Crippen LogP contribution is -2.10. The lowest BCUT2D eigenvalue weighted by Gasteiger charge is -2.05. The second kappa shape index (κ2) is 4.87. The molecule has 2 heterocycles. The number of hydrogen-bond acceptors (Lipinski definition) is 5. The maximum atomic E-state index is 9.06. The van der Waals surface area contributed by atoms with Crippen molar-refractivity contribution in [2.24, 2.45) is 14.1 Å². The first-order valence-corrected chi connectivity index (χ1v) is 5.64. The molecule has 0 bridgehead atoms. The van der Waals surface area contributed by atoms with Crippen molar-refractivity contribution >= 4 is 5.82 Å². The standard InChI is InChI=1S/C11H15N7/c1-8-9(6-12)11(18(3)15-8)13-5-4-10-14-7-17(2)16-10/h7,13H,4-5H2,1-3H3. The second-order valence-electron chi connectivity index (χ2n) is 4.06. The first-order chi connectivity index (χ1) is 8.61. The van der Waals surface area contributed by atoms with E-state index in [1.165, 1.54) is 0 Å². The van der Waals surface area contributed by atoms with Gasteiger partial charge < -0.3 is 5.32 Å². The lowest BCUT2D eigenvalue weighted by atomic mass is 10.2. The fraction of sp³-hybridized carbons (Fsp3) is 0.455. The summed E-state index contributed by atoms with van der Waals surface area (Å²) in [5.41, 5.74) is 1.32. The van der Waals surface area contributed by atoms with Gasteiger partial charge in [0.2, 0.25) is 0 Å². The predicted octanol–water partition coefficient (Wildman–Crippen LogP) is 0.383. The van der Waals surface area contributed by atoms with E-state index in [0.29, 0.717) is 18.5 Å². The fourth-order valence-electron chi connectivity index (χ4n) is 1.79. The van der Waals surface area contributed by atoms with Gasteiger partial charge in [0.1, 0.15) is 23.8 Å². The van der Waals surface area contributed by atoms with Crippen LogP contribution in [0.15, 0.2) is 6.33 Å². The van der Waals surface area contributed by atoms with Gasteiger partial charge in [-0.15, -0.1) is 0 Å². The van der Waals surface area contributed by atoms with Gasteiger partial charge in [-0.2, -0.15) is 15.5 Å². The number of aromatic nitrogens is 5. The Morgan fingerprint density at radius 3 is 2.78 bits per heavy atom. The van der Waals surface area contributed by atoms with E-state index in [-0.39, 0.29) is 0 Å². The molecular formula is C11H15N7. The normalized spacial score (nSPS) is 10.3. The molecule has 0 spiro atoms. The molecule has 18 heavy (non-hydrogen) atoms. The Morgan fingerprint density at radius 1 is 1.39 bits per heavy atom. The lowest BCUT2D eigenvalue weighted by molar-refractivity contribution is 0.735. The van der Waals surface area contributed by atoms with Gasteiger partial charge in [0, 0.05) is 27.1 Å². The third-order valence-corrected chi connectivity index (χ3v) is 2.62. The minimum Gasteiger partial charge on any atom is -0.369 e. The van der Waals surface area contributed by atoms with Gasteiger partial charge in [0.05, 0.1) is 5.69 Å². The summed E-state index contributed by atoms with van der Waals surface area (Å²) in [5, 5.41) is 20.7. The molecule has 0 atom stereocenters. The summed E-state index contributed by atoms with van der Waals surface area (Å²) in [6.07, 6.45) is 2.38. The van der Waals surface area contributed by atoms with Crippen LogP contribution in [0.2, 0.25) is 0 Å². The first kappa shape index (κ1) is 12.1. The Kier molecular flexibility index (Phi) is 3.28. The van der Waals surface area contributed by atoms with Crippen LogP contribution < -0.4 is 5.32 Å². The average Bonchev–Trinajstić information content (AvgIpc) is 2.84. The molecule has 0 radical (unpaired) electrons. The van der Waals surface area contributed by atoms with Crippen molar-refractivity contribution in [2.45, 2.75) is 13.3 Å². The summed E-state index contributed by atoms with van der Waals surface area (Å²) >= 11 is 0. The Bertz CT molecular complexity index is 587. The van der Waals surface area contributed by atoms with Crippen LogP contribution >= 0.6 is 0 Å². The largest absolute Gasteiger partial charge is 0.369 e. The molecular weight excluding hydrogens is 230 g/mol. The maximum absolute atomic E-state index is 9.06. The third-order valence-electron chi connectivity index (χ3n) is 2.62. The summed E-state index contributed by atoms with van der Waals surface area (Å²) in [5.74, 6) is 1.52. The van der Waals surface area contributed by atoms with Gasteiger partial charge in [-0.1, -0.05) is 0 Å². The van der Waals surface area contributed by atoms with E-state index >= 15 is 0 Å². The smallest absolute Gasteiger partial charge is 0.152 e. The minimum atomic E-state index is 0.589. The summed E-state index contributed by atoms with van der Waals surface area (Å²) in [4.78, 5) is 4.14. The van der Waals surface area contributed by atoms with E-state index < -0.39 is 0 Å². The van der Waals surface area contributed by atoms with Crippen LogP contribution in [-0.2, 0) is 20.5 Å².